The lowest BCUT2D eigenvalue weighted by molar-refractivity contribution is -0.117. The van der Waals surface area contributed by atoms with Crippen molar-refractivity contribution < 1.29 is 14.2 Å². The number of anilines is 2. The summed E-state index contributed by atoms with van der Waals surface area (Å²) < 4.78 is 6.77. The van der Waals surface area contributed by atoms with Gasteiger partial charge in [-0.15, -0.1) is 0 Å². The Morgan fingerprint density at radius 3 is 2.69 bits per heavy atom. The lowest BCUT2D eigenvalue weighted by atomic mass is 10.1. The van der Waals surface area contributed by atoms with Gasteiger partial charge in [0.25, 0.3) is 0 Å². The van der Waals surface area contributed by atoms with Crippen molar-refractivity contribution in [2.75, 3.05) is 24.2 Å². The van der Waals surface area contributed by atoms with Gasteiger partial charge in [-0.05, 0) is 60.1 Å². The summed E-state index contributed by atoms with van der Waals surface area (Å²) in [6.45, 7) is 2.21. The third kappa shape index (κ3) is 5.41. The zero-order valence-electron chi connectivity index (χ0n) is 19.4. The van der Waals surface area contributed by atoms with E-state index in [4.69, 9.17) is 15.3 Å². The highest BCUT2D eigenvalue weighted by molar-refractivity contribution is 5.99. The second kappa shape index (κ2) is 10.7. The molecule has 0 saturated heterocycles. The minimum atomic E-state index is -0.630. The van der Waals surface area contributed by atoms with E-state index < -0.39 is 6.04 Å². The van der Waals surface area contributed by atoms with Crippen LogP contribution in [-0.2, 0) is 11.3 Å². The van der Waals surface area contributed by atoms with E-state index >= 15 is 0 Å². The number of fused-ring (bicyclic) bond motifs is 1. The van der Waals surface area contributed by atoms with E-state index in [1.165, 1.54) is 0 Å². The van der Waals surface area contributed by atoms with Crippen LogP contribution in [0.25, 0.3) is 22.6 Å². The normalized spacial score (nSPS) is 12.2. The van der Waals surface area contributed by atoms with Gasteiger partial charge in [-0.25, -0.2) is 9.61 Å². The zero-order chi connectivity index (χ0) is 24.8. The van der Waals surface area contributed by atoms with E-state index in [9.17, 15) is 9.59 Å². The molecule has 4 N–H and O–H groups in total. The fourth-order valence-corrected chi connectivity index (χ4v) is 3.48. The van der Waals surface area contributed by atoms with Crippen molar-refractivity contribution >= 4 is 40.4 Å². The Morgan fingerprint density at radius 2 is 1.94 bits per heavy atom. The van der Waals surface area contributed by atoms with Crippen LogP contribution in [0.3, 0.4) is 0 Å². The van der Waals surface area contributed by atoms with Gasteiger partial charge in [-0.1, -0.05) is 12.1 Å². The van der Waals surface area contributed by atoms with Gasteiger partial charge in [0, 0.05) is 31.1 Å². The Hall–Kier alpha value is -4.38. The lowest BCUT2D eigenvalue weighted by Crippen LogP contribution is -2.32. The summed E-state index contributed by atoms with van der Waals surface area (Å²) in [5.74, 6) is 0.469. The molecule has 2 heterocycles. The number of imidazole rings is 1. The van der Waals surface area contributed by atoms with Gasteiger partial charge >= 0.3 is 0 Å². The van der Waals surface area contributed by atoms with E-state index in [2.05, 4.69) is 25.9 Å². The number of nitrogens with zero attached hydrogens (tertiary/aromatic N) is 5. The molecule has 0 bridgehead atoms. The molecule has 11 nitrogen and oxygen atoms in total. The molecular weight excluding hydrogens is 448 g/mol. The number of nitrogens with two attached hydrogens (primary N) is 1. The average Bonchev–Trinajstić information content (AvgIpc) is 3.46. The first-order chi connectivity index (χ1) is 17.0. The first-order valence-electron chi connectivity index (χ1n) is 11.1. The fraction of sp³-hybridized carbons (Fsp3) is 0.250. The summed E-state index contributed by atoms with van der Waals surface area (Å²) in [4.78, 5) is 33.7. The number of Topliss-reactive ketones (excluding diaryl/α,β-unsaturated/α-hetero) is 1. The molecule has 11 heteroatoms. The zero-order valence-corrected chi connectivity index (χ0v) is 19.4. The molecule has 0 aliphatic carbocycles. The summed E-state index contributed by atoms with van der Waals surface area (Å²) in [6, 6.07) is 13.6. The summed E-state index contributed by atoms with van der Waals surface area (Å²) in [5.41, 5.74) is 8.55. The number of amides is 1. The summed E-state index contributed by atoms with van der Waals surface area (Å²) in [7, 11) is 1.71. The Labute approximate surface area is 201 Å². The highest BCUT2D eigenvalue weighted by Crippen LogP contribution is 2.28. The molecule has 2 aromatic carbocycles. The SMILES string of the molecule is CN=CCCNc1nonc1-c1nc2ccccc2n1CC(=O)c1ccc(NC(=O)[C@H](C)N)cc1. The first-order valence-corrected chi connectivity index (χ1v) is 11.1. The van der Waals surface area contributed by atoms with E-state index in [0.29, 0.717) is 41.6 Å². The number of benzene rings is 2. The standard InChI is InChI=1S/C24H26N8O3/c1-15(25)24(34)28-17-10-8-16(9-11-17)20(33)14-32-19-7-4-3-6-18(19)29-23(32)21-22(31-35-30-21)27-13-5-12-26-2/h3-4,6-12,15H,5,13-14,25H2,1-2H3,(H,27,31)(H,28,34)/t15-/m0/s1. The fourth-order valence-electron chi connectivity index (χ4n) is 3.48. The van der Waals surface area contributed by atoms with Crippen LogP contribution in [0.15, 0.2) is 58.2 Å². The molecule has 0 saturated carbocycles. The Kier molecular flexibility index (Phi) is 7.27. The van der Waals surface area contributed by atoms with Gasteiger partial charge in [-0.3, -0.25) is 9.59 Å². The van der Waals surface area contributed by atoms with Gasteiger partial charge < -0.3 is 25.9 Å². The second-order valence-electron chi connectivity index (χ2n) is 7.91. The van der Waals surface area contributed by atoms with E-state index in [0.717, 1.165) is 11.0 Å². The van der Waals surface area contributed by atoms with Crippen LogP contribution in [0, 0.1) is 0 Å². The molecule has 35 heavy (non-hydrogen) atoms. The molecule has 4 rings (SSSR count). The van der Waals surface area contributed by atoms with Crippen molar-refractivity contribution in [2.24, 2.45) is 10.7 Å². The quantitative estimate of drug-likeness (QED) is 0.180. The molecule has 0 unspecified atom stereocenters. The van der Waals surface area contributed by atoms with E-state index in [-0.39, 0.29) is 18.2 Å². The number of carbonyl (C=O) groups excluding carboxylic acids is 2. The molecule has 0 spiro atoms. The number of aliphatic imine (C=N–C) groups is 1. The van der Waals surface area contributed by atoms with Crippen LogP contribution >= 0.6 is 0 Å². The maximum Gasteiger partial charge on any atom is 0.240 e. The predicted molar refractivity (Wildman–Crippen MR) is 134 cm³/mol. The van der Waals surface area contributed by atoms with Gasteiger partial charge in [0.15, 0.2) is 17.3 Å². The topological polar surface area (TPSA) is 153 Å². The van der Waals surface area contributed by atoms with Crippen molar-refractivity contribution in [1.29, 1.82) is 0 Å². The lowest BCUT2D eigenvalue weighted by Gasteiger charge is -2.10. The Bertz CT molecular complexity index is 1350. The van der Waals surface area contributed by atoms with Crippen LogP contribution in [0.1, 0.15) is 23.7 Å². The van der Waals surface area contributed by atoms with Gasteiger partial charge in [-0.2, -0.15) is 0 Å². The minimum Gasteiger partial charge on any atom is -0.365 e. The number of carbonyl (C=O) groups is 2. The molecule has 1 atom stereocenters. The molecule has 4 aromatic rings. The van der Waals surface area contributed by atoms with Crippen molar-refractivity contribution in [3.63, 3.8) is 0 Å². The maximum absolute atomic E-state index is 13.2. The monoisotopic (exact) mass is 474 g/mol. The molecule has 0 radical (unpaired) electrons. The highest BCUT2D eigenvalue weighted by Gasteiger charge is 2.22. The number of rotatable bonds is 10. The summed E-state index contributed by atoms with van der Waals surface area (Å²) >= 11 is 0. The second-order valence-corrected chi connectivity index (χ2v) is 7.91. The van der Waals surface area contributed by atoms with Crippen LogP contribution in [0.5, 0.6) is 0 Å². The van der Waals surface area contributed by atoms with Crippen molar-refractivity contribution in [1.82, 2.24) is 19.9 Å². The molecule has 1 amide bonds. The van der Waals surface area contributed by atoms with Crippen molar-refractivity contribution in [3.8, 4) is 11.5 Å². The summed E-state index contributed by atoms with van der Waals surface area (Å²) in [6.07, 6.45) is 2.50. The Balaban J connectivity index is 1.61. The van der Waals surface area contributed by atoms with Crippen LogP contribution < -0.4 is 16.4 Å². The number of hydrogen-bond donors (Lipinski definition) is 3. The van der Waals surface area contributed by atoms with Gasteiger partial charge in [0.05, 0.1) is 23.6 Å². The van der Waals surface area contributed by atoms with Gasteiger partial charge in [0.2, 0.25) is 11.7 Å². The molecule has 180 valence electrons. The third-order valence-corrected chi connectivity index (χ3v) is 5.29. The third-order valence-electron chi connectivity index (χ3n) is 5.29. The highest BCUT2D eigenvalue weighted by atomic mass is 16.6. The molecule has 0 fully saturated rings. The Morgan fingerprint density at radius 1 is 1.17 bits per heavy atom. The van der Waals surface area contributed by atoms with E-state index in [1.807, 2.05) is 24.3 Å². The number of hydrogen-bond acceptors (Lipinski definition) is 9. The summed E-state index contributed by atoms with van der Waals surface area (Å²) in [5, 5.41) is 13.9. The maximum atomic E-state index is 13.2. The molecule has 0 aliphatic heterocycles. The van der Waals surface area contributed by atoms with Crippen LogP contribution in [0.2, 0.25) is 0 Å². The number of aromatic nitrogens is 4. The van der Waals surface area contributed by atoms with Gasteiger partial charge in [0.1, 0.15) is 0 Å². The average molecular weight is 475 g/mol. The first kappa shape index (κ1) is 23.8. The largest absolute Gasteiger partial charge is 0.365 e. The molecule has 2 aromatic heterocycles. The smallest absolute Gasteiger partial charge is 0.240 e. The molecule has 0 aliphatic rings. The van der Waals surface area contributed by atoms with Crippen molar-refractivity contribution in [2.45, 2.75) is 25.9 Å². The number of nitrogens with one attached hydrogen (secondary N) is 2. The minimum absolute atomic E-state index is 0.0240. The molecular formula is C24H26N8O3. The van der Waals surface area contributed by atoms with Crippen LogP contribution in [-0.4, -0.2) is 57.4 Å². The van der Waals surface area contributed by atoms with Crippen molar-refractivity contribution in [3.05, 3.63) is 54.1 Å². The predicted octanol–water partition coefficient (Wildman–Crippen LogP) is 2.76. The number of ketones is 1. The number of para-hydroxylation sites is 2. The van der Waals surface area contributed by atoms with E-state index in [1.54, 1.807) is 49.0 Å². The van der Waals surface area contributed by atoms with Crippen LogP contribution in [0.4, 0.5) is 11.5 Å².